The lowest BCUT2D eigenvalue weighted by Crippen LogP contribution is -2.70. The number of piperazine rings is 1. The molecule has 0 aromatic heterocycles. The van der Waals surface area contributed by atoms with E-state index in [0.717, 1.165) is 22.7 Å². The van der Waals surface area contributed by atoms with Crippen LogP contribution in [0.25, 0.3) is 0 Å². The summed E-state index contributed by atoms with van der Waals surface area (Å²) in [5, 5.41) is 2.90. The highest BCUT2D eigenvalue weighted by Crippen LogP contribution is 2.37. The predicted molar refractivity (Wildman–Crippen MR) is 112 cm³/mol. The molecule has 8 heteroatoms. The van der Waals surface area contributed by atoms with Crippen molar-refractivity contribution in [2.45, 2.75) is 42.8 Å². The van der Waals surface area contributed by atoms with E-state index in [1.807, 2.05) is 30.3 Å². The van der Waals surface area contributed by atoms with Crippen LogP contribution in [0.4, 0.5) is 0 Å². The highest BCUT2D eigenvalue weighted by Gasteiger charge is 2.54. The van der Waals surface area contributed by atoms with Crippen molar-refractivity contribution in [2.24, 2.45) is 0 Å². The Kier molecular flexibility index (Phi) is 5.38. The van der Waals surface area contributed by atoms with Crippen molar-refractivity contribution in [3.8, 4) is 0 Å². The minimum atomic E-state index is -3.89. The Morgan fingerprint density at radius 1 is 1.07 bits per heavy atom. The molecule has 2 aromatic rings. The largest absolute Gasteiger partial charge is 0.350 e. The van der Waals surface area contributed by atoms with Crippen LogP contribution in [0, 0.1) is 0 Å². The molecule has 1 aliphatic heterocycles. The first-order valence-electron chi connectivity index (χ1n) is 10.0. The zero-order chi connectivity index (χ0) is 21.4. The Bertz CT molecular complexity index is 1040. The molecule has 0 spiro atoms. The van der Waals surface area contributed by atoms with E-state index in [2.05, 4.69) is 5.32 Å². The summed E-state index contributed by atoms with van der Waals surface area (Å²) in [5.41, 5.74) is -0.337. The lowest BCUT2D eigenvalue weighted by Gasteiger charge is -2.47. The molecule has 2 aliphatic rings. The van der Waals surface area contributed by atoms with Crippen LogP contribution in [-0.4, -0.2) is 54.1 Å². The minimum absolute atomic E-state index is 0.00782. The highest BCUT2D eigenvalue weighted by molar-refractivity contribution is 7.89. The molecule has 1 saturated heterocycles. The Balaban J connectivity index is 1.61. The SMILES string of the molecule is C[C@]1(C(=O)NCc2ccccc2)CN(S(=O)(=O)c2ccccc2)CC(=O)N1C1CC1. The Hall–Kier alpha value is -2.71. The monoisotopic (exact) mass is 427 g/mol. The van der Waals surface area contributed by atoms with Crippen LogP contribution >= 0.6 is 0 Å². The number of rotatable bonds is 6. The molecule has 0 bridgehead atoms. The zero-order valence-corrected chi connectivity index (χ0v) is 17.6. The van der Waals surface area contributed by atoms with Crippen LogP contribution in [0.3, 0.4) is 0 Å². The van der Waals surface area contributed by atoms with Gasteiger partial charge in [0.05, 0.1) is 11.4 Å². The molecule has 1 atom stereocenters. The molecule has 4 rings (SSSR count). The molecular weight excluding hydrogens is 402 g/mol. The fraction of sp³-hybridized carbons (Fsp3) is 0.364. The molecule has 30 heavy (non-hydrogen) atoms. The van der Waals surface area contributed by atoms with E-state index in [1.54, 1.807) is 30.0 Å². The van der Waals surface area contributed by atoms with Gasteiger partial charge in [0.2, 0.25) is 21.8 Å². The number of carbonyl (C=O) groups is 2. The maximum absolute atomic E-state index is 13.3. The maximum Gasteiger partial charge on any atom is 0.247 e. The van der Waals surface area contributed by atoms with Crippen molar-refractivity contribution < 1.29 is 18.0 Å². The molecule has 1 saturated carbocycles. The van der Waals surface area contributed by atoms with Gasteiger partial charge in [0.25, 0.3) is 0 Å². The van der Waals surface area contributed by atoms with Crippen LogP contribution in [-0.2, 0) is 26.2 Å². The van der Waals surface area contributed by atoms with Crippen LogP contribution in [0.5, 0.6) is 0 Å². The van der Waals surface area contributed by atoms with E-state index >= 15 is 0 Å². The maximum atomic E-state index is 13.3. The predicted octanol–water partition coefficient (Wildman–Crippen LogP) is 1.76. The van der Waals surface area contributed by atoms with Crippen LogP contribution < -0.4 is 5.32 Å². The average molecular weight is 428 g/mol. The Morgan fingerprint density at radius 2 is 1.67 bits per heavy atom. The van der Waals surface area contributed by atoms with Gasteiger partial charge < -0.3 is 10.2 Å². The van der Waals surface area contributed by atoms with Gasteiger partial charge in [-0.1, -0.05) is 48.5 Å². The van der Waals surface area contributed by atoms with E-state index in [4.69, 9.17) is 0 Å². The summed E-state index contributed by atoms with van der Waals surface area (Å²) in [6.45, 7) is 1.64. The van der Waals surface area contributed by atoms with Gasteiger partial charge in [0.1, 0.15) is 5.54 Å². The van der Waals surface area contributed by atoms with Gasteiger partial charge in [0.15, 0.2) is 0 Å². The normalized spacial score (nSPS) is 22.7. The van der Waals surface area contributed by atoms with E-state index < -0.39 is 15.6 Å². The second kappa shape index (κ2) is 7.85. The smallest absolute Gasteiger partial charge is 0.247 e. The quantitative estimate of drug-likeness (QED) is 0.761. The van der Waals surface area contributed by atoms with Crippen LogP contribution in [0.1, 0.15) is 25.3 Å². The third kappa shape index (κ3) is 3.85. The van der Waals surface area contributed by atoms with E-state index in [9.17, 15) is 18.0 Å². The number of sulfonamides is 1. The number of amides is 2. The van der Waals surface area contributed by atoms with Crippen molar-refractivity contribution in [1.29, 1.82) is 0 Å². The third-order valence-corrected chi connectivity index (χ3v) is 7.48. The van der Waals surface area contributed by atoms with E-state index in [1.165, 1.54) is 12.1 Å². The summed E-state index contributed by atoms with van der Waals surface area (Å²) in [5.74, 6) is -0.680. The summed E-state index contributed by atoms with van der Waals surface area (Å²) < 4.78 is 27.4. The summed E-state index contributed by atoms with van der Waals surface area (Å²) in [4.78, 5) is 28.0. The van der Waals surface area contributed by atoms with Crippen molar-refractivity contribution in [3.05, 3.63) is 66.2 Å². The van der Waals surface area contributed by atoms with Crippen molar-refractivity contribution in [1.82, 2.24) is 14.5 Å². The molecule has 2 fully saturated rings. The van der Waals surface area contributed by atoms with Gasteiger partial charge in [-0.05, 0) is 37.5 Å². The number of benzene rings is 2. The second-order valence-corrected chi connectivity index (χ2v) is 9.96. The highest BCUT2D eigenvalue weighted by atomic mass is 32.2. The molecule has 2 amide bonds. The van der Waals surface area contributed by atoms with Gasteiger partial charge >= 0.3 is 0 Å². The number of nitrogens with zero attached hydrogens (tertiary/aromatic N) is 2. The van der Waals surface area contributed by atoms with Crippen molar-refractivity contribution >= 4 is 21.8 Å². The summed E-state index contributed by atoms with van der Waals surface area (Å²) in [6, 6.07) is 17.5. The summed E-state index contributed by atoms with van der Waals surface area (Å²) >= 11 is 0. The zero-order valence-electron chi connectivity index (χ0n) is 16.8. The summed E-state index contributed by atoms with van der Waals surface area (Å²) in [7, 11) is -3.89. The molecule has 1 heterocycles. The summed E-state index contributed by atoms with van der Waals surface area (Å²) in [6.07, 6.45) is 1.66. The molecular formula is C22H25N3O4S. The molecule has 0 radical (unpaired) electrons. The van der Waals surface area contributed by atoms with Gasteiger partial charge in [-0.3, -0.25) is 9.59 Å². The van der Waals surface area contributed by atoms with Crippen molar-refractivity contribution in [2.75, 3.05) is 13.1 Å². The molecule has 1 N–H and O–H groups in total. The van der Waals surface area contributed by atoms with Gasteiger partial charge in [-0.2, -0.15) is 4.31 Å². The second-order valence-electron chi connectivity index (χ2n) is 8.02. The molecule has 158 valence electrons. The molecule has 7 nitrogen and oxygen atoms in total. The van der Waals surface area contributed by atoms with Crippen LogP contribution in [0.2, 0.25) is 0 Å². The van der Waals surface area contributed by atoms with Crippen LogP contribution in [0.15, 0.2) is 65.6 Å². The Labute approximate surface area is 176 Å². The number of hydrogen-bond acceptors (Lipinski definition) is 4. The first-order chi connectivity index (χ1) is 14.3. The fourth-order valence-electron chi connectivity index (χ4n) is 3.98. The topological polar surface area (TPSA) is 86.8 Å². The first-order valence-corrected chi connectivity index (χ1v) is 11.5. The number of hydrogen-bond donors (Lipinski definition) is 1. The Morgan fingerprint density at radius 3 is 2.27 bits per heavy atom. The average Bonchev–Trinajstić information content (AvgIpc) is 3.57. The minimum Gasteiger partial charge on any atom is -0.350 e. The standard InChI is InChI=1S/C22H25N3O4S/c1-22(21(27)23-14-17-8-4-2-5-9-17)16-24(15-20(26)25(22)18-12-13-18)30(28,29)19-10-6-3-7-11-19/h2-11,18H,12-16H2,1H3,(H,23,27)/t22-/m1/s1. The third-order valence-electron chi connectivity index (χ3n) is 5.67. The lowest BCUT2D eigenvalue weighted by atomic mass is 9.95. The van der Waals surface area contributed by atoms with Gasteiger partial charge in [-0.25, -0.2) is 8.42 Å². The van der Waals surface area contributed by atoms with E-state index in [-0.39, 0.29) is 35.8 Å². The first kappa shape index (κ1) is 20.6. The number of nitrogens with one attached hydrogen (secondary N) is 1. The van der Waals surface area contributed by atoms with Gasteiger partial charge in [-0.15, -0.1) is 0 Å². The molecule has 0 unspecified atom stereocenters. The van der Waals surface area contributed by atoms with E-state index in [0.29, 0.717) is 6.54 Å². The number of carbonyl (C=O) groups excluding carboxylic acids is 2. The lowest BCUT2D eigenvalue weighted by molar-refractivity contribution is -0.153. The molecule has 2 aromatic carbocycles. The molecule has 1 aliphatic carbocycles. The van der Waals surface area contributed by atoms with Crippen molar-refractivity contribution in [3.63, 3.8) is 0 Å². The fourth-order valence-corrected chi connectivity index (χ4v) is 5.48. The van der Waals surface area contributed by atoms with Gasteiger partial charge in [0, 0.05) is 19.1 Å².